The number of amides is 1. The summed E-state index contributed by atoms with van der Waals surface area (Å²) < 4.78 is 0. The molecule has 0 spiro atoms. The maximum Gasteiger partial charge on any atom is 0.239 e. The maximum absolute atomic E-state index is 11.6. The number of hydrogen-bond donors (Lipinski definition) is 1. The molecule has 1 aliphatic heterocycles. The first-order valence-corrected chi connectivity index (χ1v) is 5.98. The van der Waals surface area contributed by atoms with Crippen molar-refractivity contribution in [3.05, 3.63) is 0 Å². The number of nitrogens with zero attached hydrogens (tertiary/aromatic N) is 2. The van der Waals surface area contributed by atoms with Crippen molar-refractivity contribution < 1.29 is 4.79 Å². The predicted octanol–water partition coefficient (Wildman–Crippen LogP) is 1.14. The Morgan fingerprint density at radius 3 is 2.56 bits per heavy atom. The Kier molecular flexibility index (Phi) is 4.75. The number of rotatable bonds is 4. The molecule has 90 valence electrons. The number of carbonyl (C=O) groups is 1. The molecular weight excluding hydrogens is 202 g/mol. The van der Waals surface area contributed by atoms with Crippen LogP contribution in [0.5, 0.6) is 0 Å². The maximum atomic E-state index is 11.6. The van der Waals surface area contributed by atoms with Crippen molar-refractivity contribution in [1.29, 1.82) is 5.26 Å². The molecule has 0 aliphatic carbocycles. The van der Waals surface area contributed by atoms with E-state index in [0.29, 0.717) is 6.54 Å². The smallest absolute Gasteiger partial charge is 0.239 e. The Morgan fingerprint density at radius 2 is 2.00 bits per heavy atom. The summed E-state index contributed by atoms with van der Waals surface area (Å²) in [5.74, 6) is -0.174. The van der Waals surface area contributed by atoms with Gasteiger partial charge in [-0.1, -0.05) is 6.42 Å². The number of likely N-dealkylation sites (tertiary alicyclic amines) is 1. The first kappa shape index (κ1) is 13.0. The van der Waals surface area contributed by atoms with Crippen LogP contribution in [0, 0.1) is 16.7 Å². The van der Waals surface area contributed by atoms with Gasteiger partial charge in [0.1, 0.15) is 5.41 Å². The highest BCUT2D eigenvalue weighted by molar-refractivity contribution is 5.84. The lowest BCUT2D eigenvalue weighted by atomic mass is 9.95. The SMILES string of the molecule is CC(C)(C#N)C(=O)NCCN1CCCCC1. The number of hydrogen-bond acceptors (Lipinski definition) is 3. The molecule has 0 unspecified atom stereocenters. The summed E-state index contributed by atoms with van der Waals surface area (Å²) in [4.78, 5) is 13.9. The molecule has 1 saturated heterocycles. The van der Waals surface area contributed by atoms with Crippen LogP contribution in [0.25, 0.3) is 0 Å². The highest BCUT2D eigenvalue weighted by atomic mass is 16.2. The van der Waals surface area contributed by atoms with Crippen LogP contribution in [0.3, 0.4) is 0 Å². The van der Waals surface area contributed by atoms with Crippen LogP contribution in [-0.4, -0.2) is 37.0 Å². The molecule has 0 aromatic heterocycles. The van der Waals surface area contributed by atoms with Crippen LogP contribution < -0.4 is 5.32 Å². The van der Waals surface area contributed by atoms with Gasteiger partial charge in [-0.15, -0.1) is 0 Å². The fourth-order valence-electron chi connectivity index (χ4n) is 1.78. The van der Waals surface area contributed by atoms with Gasteiger partial charge in [-0.3, -0.25) is 4.79 Å². The van der Waals surface area contributed by atoms with Gasteiger partial charge in [-0.25, -0.2) is 0 Å². The summed E-state index contributed by atoms with van der Waals surface area (Å²) in [6.45, 7) is 7.10. The minimum Gasteiger partial charge on any atom is -0.353 e. The lowest BCUT2D eigenvalue weighted by molar-refractivity contribution is -0.126. The van der Waals surface area contributed by atoms with E-state index in [0.717, 1.165) is 19.6 Å². The first-order valence-electron chi connectivity index (χ1n) is 5.98. The van der Waals surface area contributed by atoms with Gasteiger partial charge in [-0.05, 0) is 39.8 Å². The molecule has 1 aliphatic rings. The minimum atomic E-state index is -0.915. The zero-order valence-electron chi connectivity index (χ0n) is 10.3. The van der Waals surface area contributed by atoms with Gasteiger partial charge in [0.2, 0.25) is 5.91 Å². The van der Waals surface area contributed by atoms with E-state index in [1.54, 1.807) is 13.8 Å². The van der Waals surface area contributed by atoms with Crippen LogP contribution in [-0.2, 0) is 4.79 Å². The van der Waals surface area contributed by atoms with Crippen molar-refractivity contribution >= 4 is 5.91 Å². The van der Waals surface area contributed by atoms with Gasteiger partial charge >= 0.3 is 0 Å². The third kappa shape index (κ3) is 3.82. The molecule has 4 heteroatoms. The molecule has 1 fully saturated rings. The van der Waals surface area contributed by atoms with Crippen molar-refractivity contribution in [1.82, 2.24) is 10.2 Å². The van der Waals surface area contributed by atoms with E-state index in [1.807, 2.05) is 6.07 Å². The van der Waals surface area contributed by atoms with E-state index < -0.39 is 5.41 Å². The molecule has 0 radical (unpaired) electrons. The second-order valence-electron chi connectivity index (χ2n) is 4.90. The molecule has 1 rings (SSSR count). The molecule has 0 aromatic carbocycles. The number of carbonyl (C=O) groups excluding carboxylic acids is 1. The van der Waals surface area contributed by atoms with Gasteiger partial charge in [0.25, 0.3) is 0 Å². The molecule has 0 aromatic rings. The lowest BCUT2D eigenvalue weighted by Gasteiger charge is -2.26. The van der Waals surface area contributed by atoms with Gasteiger partial charge < -0.3 is 10.2 Å². The molecule has 0 saturated carbocycles. The monoisotopic (exact) mass is 223 g/mol. The lowest BCUT2D eigenvalue weighted by Crippen LogP contribution is -2.41. The second-order valence-corrected chi connectivity index (χ2v) is 4.90. The van der Waals surface area contributed by atoms with E-state index >= 15 is 0 Å². The largest absolute Gasteiger partial charge is 0.353 e. The number of nitrogens with one attached hydrogen (secondary N) is 1. The summed E-state index contributed by atoms with van der Waals surface area (Å²) >= 11 is 0. The van der Waals surface area contributed by atoms with Crippen molar-refractivity contribution in [2.24, 2.45) is 5.41 Å². The molecule has 1 heterocycles. The highest BCUT2D eigenvalue weighted by Crippen LogP contribution is 2.12. The Bertz CT molecular complexity index is 274. The van der Waals surface area contributed by atoms with E-state index in [-0.39, 0.29) is 5.91 Å². The summed E-state index contributed by atoms with van der Waals surface area (Å²) in [5.41, 5.74) is -0.915. The van der Waals surface area contributed by atoms with Gasteiger partial charge in [0.05, 0.1) is 6.07 Å². The molecule has 0 bridgehead atoms. The fourth-order valence-corrected chi connectivity index (χ4v) is 1.78. The third-order valence-electron chi connectivity index (χ3n) is 3.01. The number of nitriles is 1. The zero-order chi connectivity index (χ0) is 12.0. The van der Waals surface area contributed by atoms with Crippen molar-refractivity contribution in [3.63, 3.8) is 0 Å². The molecular formula is C12H21N3O. The average Bonchev–Trinajstić information content (AvgIpc) is 2.30. The van der Waals surface area contributed by atoms with Crippen molar-refractivity contribution in [3.8, 4) is 6.07 Å². The van der Waals surface area contributed by atoms with Gasteiger partial charge in [0, 0.05) is 13.1 Å². The van der Waals surface area contributed by atoms with Crippen molar-refractivity contribution in [2.45, 2.75) is 33.1 Å². The Hall–Kier alpha value is -1.08. The Morgan fingerprint density at radius 1 is 1.38 bits per heavy atom. The van der Waals surface area contributed by atoms with Crippen LogP contribution >= 0.6 is 0 Å². The zero-order valence-corrected chi connectivity index (χ0v) is 10.3. The summed E-state index contributed by atoms with van der Waals surface area (Å²) in [5, 5.41) is 11.6. The third-order valence-corrected chi connectivity index (χ3v) is 3.01. The second kappa shape index (κ2) is 5.86. The van der Waals surface area contributed by atoms with Gasteiger partial charge in [-0.2, -0.15) is 5.26 Å². The molecule has 16 heavy (non-hydrogen) atoms. The van der Waals surface area contributed by atoms with Crippen molar-refractivity contribution in [2.75, 3.05) is 26.2 Å². The highest BCUT2D eigenvalue weighted by Gasteiger charge is 2.26. The molecule has 1 amide bonds. The average molecular weight is 223 g/mol. The minimum absolute atomic E-state index is 0.174. The summed E-state index contributed by atoms with van der Waals surface area (Å²) in [6.07, 6.45) is 3.85. The Balaban J connectivity index is 2.20. The first-order chi connectivity index (χ1) is 7.56. The topological polar surface area (TPSA) is 56.1 Å². The summed E-state index contributed by atoms with van der Waals surface area (Å²) in [6, 6.07) is 2.00. The van der Waals surface area contributed by atoms with Crippen LogP contribution in [0.15, 0.2) is 0 Å². The fraction of sp³-hybridized carbons (Fsp3) is 0.833. The van der Waals surface area contributed by atoms with E-state index in [1.165, 1.54) is 19.3 Å². The van der Waals surface area contributed by atoms with E-state index in [2.05, 4.69) is 10.2 Å². The summed E-state index contributed by atoms with van der Waals surface area (Å²) in [7, 11) is 0. The van der Waals surface area contributed by atoms with Crippen LogP contribution in [0.4, 0.5) is 0 Å². The van der Waals surface area contributed by atoms with Crippen LogP contribution in [0.2, 0.25) is 0 Å². The van der Waals surface area contributed by atoms with Crippen LogP contribution in [0.1, 0.15) is 33.1 Å². The van der Waals surface area contributed by atoms with E-state index in [4.69, 9.17) is 5.26 Å². The molecule has 4 nitrogen and oxygen atoms in total. The number of piperidine rings is 1. The van der Waals surface area contributed by atoms with Gasteiger partial charge in [0.15, 0.2) is 0 Å². The van der Waals surface area contributed by atoms with E-state index in [9.17, 15) is 4.79 Å². The Labute approximate surface area is 97.6 Å². The molecule has 1 N–H and O–H groups in total. The quantitative estimate of drug-likeness (QED) is 0.777. The predicted molar refractivity (Wildman–Crippen MR) is 62.7 cm³/mol. The molecule has 0 atom stereocenters. The normalized spacial score (nSPS) is 17.8. The standard InChI is InChI=1S/C12H21N3O/c1-12(2,10-13)11(16)14-6-9-15-7-4-3-5-8-15/h3-9H2,1-2H3,(H,14,16).